The van der Waals surface area contributed by atoms with Gasteiger partial charge in [-0.25, -0.2) is 14.2 Å². The number of carbonyl (C=O) groups is 1. The number of benzene rings is 1. The van der Waals surface area contributed by atoms with Gasteiger partial charge in [0.2, 0.25) is 11.6 Å². The summed E-state index contributed by atoms with van der Waals surface area (Å²) in [7, 11) is 0. The zero-order valence-corrected chi connectivity index (χ0v) is 15.5. The van der Waals surface area contributed by atoms with Crippen LogP contribution >= 0.6 is 11.6 Å². The molecule has 3 rings (SSSR count). The summed E-state index contributed by atoms with van der Waals surface area (Å²) in [5, 5.41) is 0.619. The van der Waals surface area contributed by atoms with Crippen molar-refractivity contribution in [2.75, 3.05) is 24.5 Å². The average Bonchev–Trinajstić information content (AvgIpc) is 2.66. The van der Waals surface area contributed by atoms with E-state index in [1.807, 2.05) is 24.0 Å². The van der Waals surface area contributed by atoms with E-state index < -0.39 is 5.82 Å². The van der Waals surface area contributed by atoms with Gasteiger partial charge in [-0.2, -0.15) is 0 Å². The molecule has 0 radical (unpaired) electrons. The molecular weight excluding hydrogens is 367 g/mol. The van der Waals surface area contributed by atoms with Gasteiger partial charge < -0.3 is 9.80 Å². The van der Waals surface area contributed by atoms with Crippen LogP contribution in [0.1, 0.15) is 12.5 Å². The maximum Gasteiger partial charge on any atom is 0.246 e. The second-order valence-corrected chi connectivity index (χ2v) is 6.76. The molecule has 0 unspecified atom stereocenters. The molecule has 0 saturated carbocycles. The second-order valence-electron chi connectivity index (χ2n) is 6.32. The molecular formula is C20H18ClFN4O. The molecule has 0 spiro atoms. The highest BCUT2D eigenvalue weighted by molar-refractivity contribution is 6.30. The Morgan fingerprint density at radius 1 is 1.41 bits per heavy atom. The van der Waals surface area contributed by atoms with Crippen LogP contribution in [0.4, 0.5) is 15.9 Å². The van der Waals surface area contributed by atoms with Crippen molar-refractivity contribution in [3.63, 3.8) is 0 Å². The first-order valence-corrected chi connectivity index (χ1v) is 8.88. The molecule has 2 aromatic rings. The Morgan fingerprint density at radius 2 is 2.22 bits per heavy atom. The van der Waals surface area contributed by atoms with Gasteiger partial charge in [0, 0.05) is 36.8 Å². The van der Waals surface area contributed by atoms with Gasteiger partial charge in [0.05, 0.1) is 12.8 Å². The second kappa shape index (κ2) is 8.19. The van der Waals surface area contributed by atoms with Gasteiger partial charge in [0.25, 0.3) is 0 Å². The first kappa shape index (κ1) is 18.9. The number of piperazine rings is 1. The lowest BCUT2D eigenvalue weighted by atomic mass is 10.1. The first-order valence-electron chi connectivity index (χ1n) is 8.50. The lowest BCUT2D eigenvalue weighted by molar-refractivity contribution is -0.128. The van der Waals surface area contributed by atoms with Crippen LogP contribution in [-0.4, -0.2) is 41.5 Å². The molecule has 1 saturated heterocycles. The molecule has 1 atom stereocenters. The summed E-state index contributed by atoms with van der Waals surface area (Å²) in [4.78, 5) is 23.7. The van der Waals surface area contributed by atoms with Gasteiger partial charge in [0.15, 0.2) is 0 Å². The Balaban J connectivity index is 1.68. The maximum atomic E-state index is 13.3. The smallest absolute Gasteiger partial charge is 0.246 e. The minimum Gasteiger partial charge on any atom is -0.361 e. The van der Waals surface area contributed by atoms with Crippen LogP contribution in [0, 0.1) is 12.4 Å². The number of carbonyl (C=O) groups excluding carboxylic acids is 1. The third-order valence-electron chi connectivity index (χ3n) is 4.41. The SMILES string of the molecule is [C-]#[N+]c1cc(F)cnc1N1CCN(C(=O)/C=C/c2cccc(Cl)c2)[C@H](C)C1. The number of rotatable bonds is 3. The largest absolute Gasteiger partial charge is 0.361 e. The number of aromatic nitrogens is 1. The molecule has 0 N–H and O–H groups in total. The number of hydrogen-bond donors (Lipinski definition) is 0. The molecule has 1 aliphatic rings. The van der Waals surface area contributed by atoms with E-state index in [1.54, 1.807) is 29.2 Å². The van der Waals surface area contributed by atoms with Gasteiger partial charge in [-0.15, -0.1) is 0 Å². The molecule has 7 heteroatoms. The van der Waals surface area contributed by atoms with Crippen molar-refractivity contribution < 1.29 is 9.18 Å². The lowest BCUT2D eigenvalue weighted by Gasteiger charge is -2.40. The fourth-order valence-corrected chi connectivity index (χ4v) is 3.30. The molecule has 2 heterocycles. The van der Waals surface area contributed by atoms with E-state index in [1.165, 1.54) is 6.07 Å². The molecule has 1 aliphatic heterocycles. The molecule has 0 aliphatic carbocycles. The number of amides is 1. The highest BCUT2D eigenvalue weighted by Gasteiger charge is 2.28. The van der Waals surface area contributed by atoms with Crippen molar-refractivity contribution in [3.05, 3.63) is 70.4 Å². The average molecular weight is 385 g/mol. The van der Waals surface area contributed by atoms with Gasteiger partial charge in [-0.3, -0.25) is 4.79 Å². The number of pyridine rings is 1. The van der Waals surface area contributed by atoms with Crippen molar-refractivity contribution in [3.8, 4) is 0 Å². The topological polar surface area (TPSA) is 40.8 Å². The monoisotopic (exact) mass is 384 g/mol. The predicted molar refractivity (Wildman–Crippen MR) is 104 cm³/mol. The van der Waals surface area contributed by atoms with E-state index in [4.69, 9.17) is 18.2 Å². The summed E-state index contributed by atoms with van der Waals surface area (Å²) in [5.74, 6) is -0.155. The third kappa shape index (κ3) is 4.44. The summed E-state index contributed by atoms with van der Waals surface area (Å²) in [6, 6.07) is 8.40. The zero-order chi connectivity index (χ0) is 19.4. The van der Waals surface area contributed by atoms with Crippen LogP contribution in [0.2, 0.25) is 5.02 Å². The summed E-state index contributed by atoms with van der Waals surface area (Å²) < 4.78 is 13.3. The number of anilines is 1. The molecule has 1 fully saturated rings. The molecule has 1 aromatic heterocycles. The van der Waals surface area contributed by atoms with Crippen LogP contribution in [-0.2, 0) is 4.79 Å². The minimum atomic E-state index is -0.530. The Kier molecular flexibility index (Phi) is 5.72. The number of nitrogens with zero attached hydrogens (tertiary/aromatic N) is 4. The van der Waals surface area contributed by atoms with Gasteiger partial charge in [0.1, 0.15) is 11.6 Å². The summed E-state index contributed by atoms with van der Waals surface area (Å²) in [6.45, 7) is 10.7. The van der Waals surface area contributed by atoms with Gasteiger partial charge >= 0.3 is 0 Å². The predicted octanol–water partition coefficient (Wildman–Crippen LogP) is 4.18. The standard InChI is InChI=1S/C20H18ClFN4O/c1-14-13-25(20-18(23-2)11-17(22)12-24-20)8-9-26(14)19(27)7-6-15-4-3-5-16(21)10-15/h3-7,10-12,14H,8-9,13H2,1H3/b7-6+/t14-/m1/s1. The van der Waals surface area contributed by atoms with E-state index in [2.05, 4.69) is 9.83 Å². The molecule has 138 valence electrons. The molecule has 27 heavy (non-hydrogen) atoms. The fraction of sp³-hybridized carbons (Fsp3) is 0.250. The zero-order valence-electron chi connectivity index (χ0n) is 14.8. The van der Waals surface area contributed by atoms with E-state index in [-0.39, 0.29) is 17.6 Å². The first-order chi connectivity index (χ1) is 13.0. The summed E-state index contributed by atoms with van der Waals surface area (Å²) >= 11 is 5.96. The van der Waals surface area contributed by atoms with Crippen LogP contribution in [0.5, 0.6) is 0 Å². The quantitative estimate of drug-likeness (QED) is 0.589. The van der Waals surface area contributed by atoms with Gasteiger partial charge in [-0.05, 0) is 36.8 Å². The summed E-state index contributed by atoms with van der Waals surface area (Å²) in [6.07, 6.45) is 4.39. The Bertz CT molecular complexity index is 924. The van der Waals surface area contributed by atoms with E-state index >= 15 is 0 Å². The highest BCUT2D eigenvalue weighted by Crippen LogP contribution is 2.28. The van der Waals surface area contributed by atoms with Crippen LogP contribution in [0.3, 0.4) is 0 Å². The van der Waals surface area contributed by atoms with Crippen molar-refractivity contribution in [2.45, 2.75) is 13.0 Å². The van der Waals surface area contributed by atoms with Crippen molar-refractivity contribution in [1.82, 2.24) is 9.88 Å². The van der Waals surface area contributed by atoms with Gasteiger partial charge in [-0.1, -0.05) is 23.7 Å². The van der Waals surface area contributed by atoms with Crippen molar-refractivity contribution in [2.24, 2.45) is 0 Å². The highest BCUT2D eigenvalue weighted by atomic mass is 35.5. The molecule has 1 aromatic carbocycles. The van der Waals surface area contributed by atoms with E-state index in [0.717, 1.165) is 11.8 Å². The third-order valence-corrected chi connectivity index (χ3v) is 4.65. The minimum absolute atomic E-state index is 0.0688. The van der Waals surface area contributed by atoms with Crippen LogP contribution in [0.15, 0.2) is 42.6 Å². The Hall–Kier alpha value is -2.91. The normalized spacial score (nSPS) is 17.2. The van der Waals surface area contributed by atoms with Crippen molar-refractivity contribution >= 4 is 35.1 Å². The number of halogens is 2. The molecule has 1 amide bonds. The maximum absolute atomic E-state index is 13.3. The fourth-order valence-electron chi connectivity index (χ4n) is 3.10. The number of hydrogen-bond acceptors (Lipinski definition) is 3. The van der Waals surface area contributed by atoms with Crippen LogP contribution < -0.4 is 4.90 Å². The van der Waals surface area contributed by atoms with E-state index in [0.29, 0.717) is 30.5 Å². The molecule has 5 nitrogen and oxygen atoms in total. The lowest BCUT2D eigenvalue weighted by Crippen LogP contribution is -2.54. The summed E-state index contributed by atoms with van der Waals surface area (Å²) in [5.41, 5.74) is 1.04. The molecule has 0 bridgehead atoms. The van der Waals surface area contributed by atoms with Crippen molar-refractivity contribution in [1.29, 1.82) is 0 Å². The Morgan fingerprint density at radius 3 is 2.93 bits per heavy atom. The Labute approximate surface area is 162 Å². The van der Waals surface area contributed by atoms with E-state index in [9.17, 15) is 9.18 Å². The van der Waals surface area contributed by atoms with Crippen LogP contribution in [0.25, 0.3) is 10.9 Å².